The maximum Gasteiger partial charge on any atom is 0.248 e. The van der Waals surface area contributed by atoms with E-state index in [1.165, 1.54) is 6.07 Å². The van der Waals surface area contributed by atoms with Crippen LogP contribution in [0.2, 0.25) is 5.02 Å². The zero-order valence-electron chi connectivity index (χ0n) is 15.3. The number of sulfonamides is 1. The first-order chi connectivity index (χ1) is 12.1. The molecule has 140 valence electrons. The topological polar surface area (TPSA) is 66.5 Å². The summed E-state index contributed by atoms with van der Waals surface area (Å²) in [5.41, 5.74) is 3.01. The van der Waals surface area contributed by atoms with Gasteiger partial charge in [-0.15, -0.1) is 0 Å². The highest BCUT2D eigenvalue weighted by Gasteiger charge is 2.29. The second kappa shape index (κ2) is 8.10. The van der Waals surface area contributed by atoms with Crippen molar-refractivity contribution in [2.24, 2.45) is 0 Å². The number of nitrogens with one attached hydrogen (secondary N) is 1. The molecule has 0 unspecified atom stereocenters. The van der Waals surface area contributed by atoms with E-state index in [-0.39, 0.29) is 0 Å². The van der Waals surface area contributed by atoms with Gasteiger partial charge >= 0.3 is 0 Å². The first kappa shape index (κ1) is 20.3. The van der Waals surface area contributed by atoms with Gasteiger partial charge in [0.2, 0.25) is 15.9 Å². The van der Waals surface area contributed by atoms with Crippen LogP contribution in [0.1, 0.15) is 25.0 Å². The fourth-order valence-electron chi connectivity index (χ4n) is 2.85. The molecule has 0 radical (unpaired) electrons. The van der Waals surface area contributed by atoms with E-state index in [4.69, 9.17) is 11.6 Å². The summed E-state index contributed by atoms with van der Waals surface area (Å²) in [6.07, 6.45) is 1.83. The molecule has 0 saturated carbocycles. The molecule has 0 aliphatic heterocycles. The van der Waals surface area contributed by atoms with E-state index in [2.05, 4.69) is 5.32 Å². The van der Waals surface area contributed by atoms with Crippen molar-refractivity contribution < 1.29 is 13.2 Å². The van der Waals surface area contributed by atoms with Crippen LogP contribution >= 0.6 is 11.6 Å². The molecule has 0 fully saturated rings. The summed E-state index contributed by atoms with van der Waals surface area (Å²) < 4.78 is 25.8. The van der Waals surface area contributed by atoms with Crippen molar-refractivity contribution in [3.63, 3.8) is 0 Å². The monoisotopic (exact) mass is 394 g/mol. The smallest absolute Gasteiger partial charge is 0.248 e. The fraction of sp³-hybridized carbons (Fsp3) is 0.316. The summed E-state index contributed by atoms with van der Waals surface area (Å²) in [5, 5.41) is 3.29. The number of anilines is 2. The van der Waals surface area contributed by atoms with Crippen LogP contribution in [-0.2, 0) is 21.2 Å². The molecule has 2 rings (SSSR count). The number of amides is 1. The summed E-state index contributed by atoms with van der Waals surface area (Å²) in [6, 6.07) is 11.3. The number of benzene rings is 2. The van der Waals surface area contributed by atoms with Crippen LogP contribution in [0.15, 0.2) is 42.5 Å². The quantitative estimate of drug-likeness (QED) is 0.805. The number of para-hydroxylation sites is 1. The van der Waals surface area contributed by atoms with Gasteiger partial charge in [-0.2, -0.15) is 0 Å². The van der Waals surface area contributed by atoms with Crippen LogP contribution in [0.4, 0.5) is 11.4 Å². The lowest BCUT2D eigenvalue weighted by atomic mass is 10.1. The Bertz CT molecular complexity index is 913. The fourth-order valence-corrected chi connectivity index (χ4v) is 4.20. The Morgan fingerprint density at radius 2 is 1.88 bits per heavy atom. The second-order valence-electron chi connectivity index (χ2n) is 6.17. The van der Waals surface area contributed by atoms with Gasteiger partial charge in [0.05, 0.1) is 11.9 Å². The van der Waals surface area contributed by atoms with Gasteiger partial charge in [-0.05, 0) is 49.6 Å². The summed E-state index contributed by atoms with van der Waals surface area (Å²) in [4.78, 5) is 12.8. The molecule has 0 aliphatic carbocycles. The molecule has 0 saturated heterocycles. The summed E-state index contributed by atoms with van der Waals surface area (Å²) in [7, 11) is -3.68. The predicted octanol–water partition coefficient (Wildman–Crippen LogP) is 4.00. The zero-order valence-corrected chi connectivity index (χ0v) is 16.9. The maximum atomic E-state index is 12.8. The molecule has 26 heavy (non-hydrogen) atoms. The molecule has 7 heteroatoms. The SMILES string of the molecule is CCc1cccc(C)c1NC(=O)[C@@H](C)N(c1cccc(Cl)c1)S(C)(=O)=O. The first-order valence-corrected chi connectivity index (χ1v) is 10.5. The standard InChI is InChI=1S/C19H23ClN2O3S/c1-5-15-9-6-8-13(2)18(15)21-19(23)14(3)22(26(4,24)25)17-11-7-10-16(20)12-17/h6-12,14H,5H2,1-4H3,(H,21,23)/t14-/m1/s1. The van der Waals surface area contributed by atoms with Crippen molar-refractivity contribution in [3.8, 4) is 0 Å². The molecular formula is C19H23ClN2O3S. The number of nitrogens with zero attached hydrogens (tertiary/aromatic N) is 1. The summed E-state index contributed by atoms with van der Waals surface area (Å²) in [6.45, 7) is 5.47. The third-order valence-electron chi connectivity index (χ3n) is 4.14. The van der Waals surface area contributed by atoms with Crippen molar-refractivity contribution in [2.45, 2.75) is 33.2 Å². The van der Waals surface area contributed by atoms with Crippen molar-refractivity contribution in [1.82, 2.24) is 0 Å². The van der Waals surface area contributed by atoms with E-state index in [0.717, 1.165) is 33.8 Å². The van der Waals surface area contributed by atoms with Gasteiger partial charge < -0.3 is 5.32 Å². The highest BCUT2D eigenvalue weighted by Crippen LogP contribution is 2.26. The second-order valence-corrected chi connectivity index (χ2v) is 8.46. The summed E-state index contributed by atoms with van der Waals surface area (Å²) >= 11 is 5.99. The Hall–Kier alpha value is -2.05. The van der Waals surface area contributed by atoms with E-state index in [1.54, 1.807) is 25.1 Å². The molecule has 0 bridgehead atoms. The molecule has 5 nitrogen and oxygen atoms in total. The molecule has 0 aliphatic rings. The molecule has 2 aromatic rings. The lowest BCUT2D eigenvalue weighted by molar-refractivity contribution is -0.116. The van der Waals surface area contributed by atoms with Crippen LogP contribution in [0, 0.1) is 6.92 Å². The van der Waals surface area contributed by atoms with E-state index < -0.39 is 22.0 Å². The van der Waals surface area contributed by atoms with Gasteiger partial charge in [0.1, 0.15) is 6.04 Å². The molecule has 0 aromatic heterocycles. The van der Waals surface area contributed by atoms with Crippen molar-refractivity contribution in [3.05, 3.63) is 58.6 Å². The molecule has 1 atom stereocenters. The van der Waals surface area contributed by atoms with E-state index in [1.807, 2.05) is 32.0 Å². The predicted molar refractivity (Wildman–Crippen MR) is 107 cm³/mol. The van der Waals surface area contributed by atoms with E-state index >= 15 is 0 Å². The van der Waals surface area contributed by atoms with Crippen molar-refractivity contribution >= 4 is 38.9 Å². The highest BCUT2D eigenvalue weighted by molar-refractivity contribution is 7.92. The largest absolute Gasteiger partial charge is 0.324 e. The lowest BCUT2D eigenvalue weighted by Gasteiger charge is -2.28. The Kier molecular flexibility index (Phi) is 6.31. The number of carbonyl (C=O) groups excluding carboxylic acids is 1. The van der Waals surface area contributed by atoms with Crippen molar-refractivity contribution in [1.29, 1.82) is 0 Å². The van der Waals surface area contributed by atoms with Crippen LogP contribution < -0.4 is 9.62 Å². The van der Waals surface area contributed by atoms with Gasteiger partial charge in [0.25, 0.3) is 0 Å². The van der Waals surface area contributed by atoms with Crippen LogP contribution in [-0.4, -0.2) is 26.6 Å². The Morgan fingerprint density at radius 3 is 2.46 bits per heavy atom. The van der Waals surface area contributed by atoms with Gasteiger partial charge in [-0.3, -0.25) is 9.10 Å². The number of aryl methyl sites for hydroxylation is 2. The number of hydrogen-bond acceptors (Lipinski definition) is 3. The average molecular weight is 395 g/mol. The summed E-state index contributed by atoms with van der Waals surface area (Å²) in [5.74, 6) is -0.403. The number of carbonyl (C=O) groups is 1. The molecule has 2 aromatic carbocycles. The Morgan fingerprint density at radius 1 is 1.23 bits per heavy atom. The third-order valence-corrected chi connectivity index (χ3v) is 5.62. The van der Waals surface area contributed by atoms with Crippen LogP contribution in [0.25, 0.3) is 0 Å². The van der Waals surface area contributed by atoms with E-state index in [9.17, 15) is 13.2 Å². The Labute approximate surface area is 160 Å². The third kappa shape index (κ3) is 4.56. The van der Waals surface area contributed by atoms with Gasteiger partial charge in [-0.25, -0.2) is 8.42 Å². The van der Waals surface area contributed by atoms with Gasteiger partial charge in [0.15, 0.2) is 0 Å². The number of rotatable bonds is 6. The zero-order chi connectivity index (χ0) is 19.5. The minimum Gasteiger partial charge on any atom is -0.324 e. The van der Waals surface area contributed by atoms with Gasteiger partial charge in [-0.1, -0.05) is 42.8 Å². The van der Waals surface area contributed by atoms with Crippen molar-refractivity contribution in [2.75, 3.05) is 15.9 Å². The molecule has 1 amide bonds. The average Bonchev–Trinajstić information content (AvgIpc) is 2.55. The molecule has 1 N–H and O–H groups in total. The lowest BCUT2D eigenvalue weighted by Crippen LogP contribution is -2.45. The normalized spacial score (nSPS) is 12.5. The number of hydrogen-bond donors (Lipinski definition) is 1. The minimum atomic E-state index is -3.68. The van der Waals surface area contributed by atoms with E-state index in [0.29, 0.717) is 10.7 Å². The Balaban J connectivity index is 2.38. The molecule has 0 heterocycles. The maximum absolute atomic E-state index is 12.8. The molecular weight excluding hydrogens is 372 g/mol. The van der Waals surface area contributed by atoms with Crippen LogP contribution in [0.3, 0.4) is 0 Å². The van der Waals surface area contributed by atoms with Gasteiger partial charge in [0, 0.05) is 10.7 Å². The van der Waals surface area contributed by atoms with Crippen LogP contribution in [0.5, 0.6) is 0 Å². The number of halogens is 1. The minimum absolute atomic E-state index is 0.350. The molecule has 0 spiro atoms. The highest BCUT2D eigenvalue weighted by atomic mass is 35.5. The first-order valence-electron chi connectivity index (χ1n) is 8.29.